The first-order valence-electron chi connectivity index (χ1n) is 12.3. The molecule has 0 radical (unpaired) electrons. The summed E-state index contributed by atoms with van der Waals surface area (Å²) < 4.78 is 10.6. The lowest BCUT2D eigenvalue weighted by molar-refractivity contribution is -0.125. The number of methoxy groups -OCH3 is 2. The van der Waals surface area contributed by atoms with Gasteiger partial charge in [0.2, 0.25) is 5.91 Å². The van der Waals surface area contributed by atoms with Crippen LogP contribution in [-0.2, 0) is 11.3 Å². The van der Waals surface area contributed by atoms with Crippen molar-refractivity contribution in [1.29, 1.82) is 0 Å². The lowest BCUT2D eigenvalue weighted by Crippen LogP contribution is -2.55. The molecule has 0 spiro atoms. The third-order valence-corrected chi connectivity index (χ3v) is 6.62. The summed E-state index contributed by atoms with van der Waals surface area (Å²) >= 11 is 0. The number of carbonyl (C=O) groups is 2. The zero-order chi connectivity index (χ0) is 25.2. The van der Waals surface area contributed by atoms with Gasteiger partial charge in [0.1, 0.15) is 17.5 Å². The van der Waals surface area contributed by atoms with Crippen LogP contribution in [-0.4, -0.2) is 56.2 Å². The molecule has 2 atom stereocenters. The van der Waals surface area contributed by atoms with Crippen LogP contribution in [0, 0.1) is 5.92 Å². The van der Waals surface area contributed by atoms with Crippen LogP contribution in [0.1, 0.15) is 38.7 Å². The number of piperidine rings is 1. The first kappa shape index (κ1) is 26.3. The fraction of sp³-hybridized carbons (Fsp3) is 0.481. The van der Waals surface area contributed by atoms with E-state index in [4.69, 9.17) is 9.47 Å². The van der Waals surface area contributed by atoms with E-state index in [1.165, 1.54) is 12.7 Å². The van der Waals surface area contributed by atoms with Crippen LogP contribution in [0.4, 0.5) is 10.5 Å². The van der Waals surface area contributed by atoms with Gasteiger partial charge in [-0.3, -0.25) is 9.69 Å². The van der Waals surface area contributed by atoms with Gasteiger partial charge in [-0.1, -0.05) is 50.6 Å². The van der Waals surface area contributed by atoms with Gasteiger partial charge in [0.05, 0.1) is 19.9 Å². The number of rotatable bonds is 10. The number of hydrogen-bond acceptors (Lipinski definition) is 5. The van der Waals surface area contributed by atoms with E-state index < -0.39 is 12.1 Å². The number of hydrogen-bond donors (Lipinski definition) is 3. The topological polar surface area (TPSA) is 91.9 Å². The molecule has 0 bridgehead atoms. The van der Waals surface area contributed by atoms with Gasteiger partial charge < -0.3 is 25.4 Å². The molecular weight excluding hydrogens is 444 g/mol. The number of nitrogens with zero attached hydrogens (tertiary/aromatic N) is 1. The molecule has 1 aliphatic rings. The first-order chi connectivity index (χ1) is 16.9. The monoisotopic (exact) mass is 482 g/mol. The minimum Gasteiger partial charge on any atom is -0.497 e. The number of carbonyl (C=O) groups excluding carboxylic acids is 2. The highest BCUT2D eigenvalue weighted by atomic mass is 16.5. The Labute approximate surface area is 208 Å². The predicted octanol–water partition coefficient (Wildman–Crippen LogP) is 4.02. The molecule has 3 N–H and O–H groups in total. The summed E-state index contributed by atoms with van der Waals surface area (Å²) in [6.07, 6.45) is 2.54. The van der Waals surface area contributed by atoms with Crippen molar-refractivity contribution in [3.63, 3.8) is 0 Å². The second kappa shape index (κ2) is 13.0. The highest BCUT2D eigenvalue weighted by Gasteiger charge is 2.29. The van der Waals surface area contributed by atoms with Crippen LogP contribution in [0.25, 0.3) is 0 Å². The number of anilines is 1. The van der Waals surface area contributed by atoms with E-state index in [1.54, 1.807) is 25.3 Å². The molecule has 0 saturated carbocycles. The molecule has 2 aromatic rings. The second-order valence-electron chi connectivity index (χ2n) is 9.07. The van der Waals surface area contributed by atoms with E-state index in [2.05, 4.69) is 45.1 Å². The maximum atomic E-state index is 13.2. The van der Waals surface area contributed by atoms with Crippen LogP contribution in [0.2, 0.25) is 0 Å². The largest absolute Gasteiger partial charge is 0.497 e. The fourth-order valence-electron chi connectivity index (χ4n) is 4.27. The zero-order valence-corrected chi connectivity index (χ0v) is 21.2. The smallest absolute Gasteiger partial charge is 0.320 e. The van der Waals surface area contributed by atoms with Crippen molar-refractivity contribution in [3.05, 3.63) is 54.1 Å². The number of amides is 3. The Kier molecular flexibility index (Phi) is 9.78. The van der Waals surface area contributed by atoms with Gasteiger partial charge in [-0.2, -0.15) is 0 Å². The van der Waals surface area contributed by atoms with Gasteiger partial charge in [0, 0.05) is 31.7 Å². The van der Waals surface area contributed by atoms with E-state index in [0.717, 1.165) is 38.9 Å². The van der Waals surface area contributed by atoms with Crippen LogP contribution in [0.15, 0.2) is 48.5 Å². The summed E-state index contributed by atoms with van der Waals surface area (Å²) in [5, 5.41) is 8.84. The van der Waals surface area contributed by atoms with Gasteiger partial charge >= 0.3 is 6.03 Å². The van der Waals surface area contributed by atoms with E-state index in [1.807, 2.05) is 19.9 Å². The van der Waals surface area contributed by atoms with E-state index in [9.17, 15) is 9.59 Å². The standard InChI is InChI=1S/C27H38N4O4/c1-5-19(2)25(30-27(33)29-23-12-11-22(34-3)17-24(23)35-4)26(32)28-21-13-15-31(16-14-21)18-20-9-7-6-8-10-20/h6-12,17,19,21,25H,5,13-16,18H2,1-4H3,(H,28,32)(H2,29,30,33). The molecule has 8 heteroatoms. The third kappa shape index (κ3) is 7.62. The summed E-state index contributed by atoms with van der Waals surface area (Å²) in [7, 11) is 3.09. The molecule has 35 heavy (non-hydrogen) atoms. The van der Waals surface area contributed by atoms with Crippen molar-refractivity contribution in [1.82, 2.24) is 15.5 Å². The summed E-state index contributed by atoms with van der Waals surface area (Å²) in [6.45, 7) is 6.77. The molecule has 0 aromatic heterocycles. The van der Waals surface area contributed by atoms with Gasteiger partial charge in [-0.05, 0) is 36.5 Å². The Morgan fingerprint density at radius 3 is 2.40 bits per heavy atom. The first-order valence-corrected chi connectivity index (χ1v) is 12.3. The number of nitrogens with one attached hydrogen (secondary N) is 3. The van der Waals surface area contributed by atoms with Crippen LogP contribution < -0.4 is 25.4 Å². The van der Waals surface area contributed by atoms with Crippen LogP contribution in [0.3, 0.4) is 0 Å². The fourth-order valence-corrected chi connectivity index (χ4v) is 4.27. The van der Waals surface area contributed by atoms with Gasteiger partial charge in [0.25, 0.3) is 0 Å². The molecule has 0 aliphatic carbocycles. The Morgan fingerprint density at radius 1 is 1.06 bits per heavy atom. The van der Waals surface area contributed by atoms with E-state index in [-0.39, 0.29) is 17.9 Å². The summed E-state index contributed by atoms with van der Waals surface area (Å²) in [6, 6.07) is 14.6. The molecule has 2 unspecified atom stereocenters. The van der Waals surface area contributed by atoms with Crippen molar-refractivity contribution in [2.45, 2.75) is 51.7 Å². The van der Waals surface area contributed by atoms with Gasteiger partial charge in [-0.15, -0.1) is 0 Å². The number of ether oxygens (including phenoxy) is 2. The Balaban J connectivity index is 1.54. The van der Waals surface area contributed by atoms with Crippen molar-refractivity contribution in [3.8, 4) is 11.5 Å². The van der Waals surface area contributed by atoms with Crippen molar-refractivity contribution in [2.75, 3.05) is 32.6 Å². The Bertz CT molecular complexity index is 961. The minimum absolute atomic E-state index is 0.0170. The highest BCUT2D eigenvalue weighted by molar-refractivity contribution is 5.95. The summed E-state index contributed by atoms with van der Waals surface area (Å²) in [5.41, 5.74) is 1.80. The second-order valence-corrected chi connectivity index (χ2v) is 9.07. The molecule has 2 aromatic carbocycles. The average molecular weight is 483 g/mol. The maximum Gasteiger partial charge on any atom is 0.320 e. The van der Waals surface area contributed by atoms with Crippen LogP contribution in [0.5, 0.6) is 11.5 Å². The Morgan fingerprint density at radius 2 is 1.77 bits per heavy atom. The molecule has 1 heterocycles. The molecule has 3 amide bonds. The number of benzene rings is 2. The normalized spacial score (nSPS) is 16.1. The SMILES string of the molecule is CCC(C)C(NC(=O)Nc1ccc(OC)cc1OC)C(=O)NC1CCN(Cc2ccccc2)CC1. The molecule has 8 nitrogen and oxygen atoms in total. The van der Waals surface area contributed by atoms with Crippen molar-refractivity contribution < 1.29 is 19.1 Å². The lowest BCUT2D eigenvalue weighted by atomic mass is 9.97. The average Bonchev–Trinajstić information content (AvgIpc) is 2.88. The minimum atomic E-state index is -0.633. The van der Waals surface area contributed by atoms with E-state index in [0.29, 0.717) is 17.2 Å². The predicted molar refractivity (Wildman–Crippen MR) is 138 cm³/mol. The highest BCUT2D eigenvalue weighted by Crippen LogP contribution is 2.29. The molecular formula is C27H38N4O4. The lowest BCUT2D eigenvalue weighted by Gasteiger charge is -2.34. The van der Waals surface area contributed by atoms with Crippen LogP contribution >= 0.6 is 0 Å². The van der Waals surface area contributed by atoms with E-state index >= 15 is 0 Å². The molecule has 190 valence electrons. The molecule has 1 aliphatic heterocycles. The van der Waals surface area contributed by atoms with Crippen molar-refractivity contribution >= 4 is 17.6 Å². The van der Waals surface area contributed by atoms with Gasteiger partial charge in [-0.25, -0.2) is 4.79 Å². The maximum absolute atomic E-state index is 13.2. The molecule has 3 rings (SSSR count). The number of urea groups is 1. The molecule has 1 fully saturated rings. The summed E-state index contributed by atoms with van der Waals surface area (Å²) in [5.74, 6) is 0.945. The number of likely N-dealkylation sites (tertiary alicyclic amines) is 1. The zero-order valence-electron chi connectivity index (χ0n) is 21.2. The quantitative estimate of drug-likeness (QED) is 0.476. The third-order valence-electron chi connectivity index (χ3n) is 6.62. The Hall–Kier alpha value is -3.26. The van der Waals surface area contributed by atoms with Crippen molar-refractivity contribution in [2.24, 2.45) is 5.92 Å². The van der Waals surface area contributed by atoms with Gasteiger partial charge in [0.15, 0.2) is 0 Å². The molecule has 1 saturated heterocycles. The summed E-state index contributed by atoms with van der Waals surface area (Å²) in [4.78, 5) is 28.4.